The van der Waals surface area contributed by atoms with Gasteiger partial charge in [-0.15, -0.1) is 4.59 Å². The summed E-state index contributed by atoms with van der Waals surface area (Å²) < 4.78 is 5.79. The molecule has 21 heavy (non-hydrogen) atoms. The van der Waals surface area contributed by atoms with Crippen molar-refractivity contribution >= 4 is 38.6 Å². The van der Waals surface area contributed by atoms with E-state index in [1.54, 1.807) is 12.4 Å². The molecule has 7 heteroatoms. The smallest absolute Gasteiger partial charge is 0.308 e. The van der Waals surface area contributed by atoms with Crippen LogP contribution in [0.1, 0.15) is 25.7 Å². The molecule has 1 atom stereocenters. The summed E-state index contributed by atoms with van der Waals surface area (Å²) in [5.41, 5.74) is 1.97. The molecule has 3 rings (SSSR count). The number of carbonyl (C=O) groups is 1. The summed E-state index contributed by atoms with van der Waals surface area (Å²) in [7, 11) is 1.45. The Balaban J connectivity index is 1.80. The number of halogens is 1. The van der Waals surface area contributed by atoms with Crippen molar-refractivity contribution in [2.24, 2.45) is 27.7 Å². The van der Waals surface area contributed by atoms with E-state index in [1.165, 1.54) is 7.11 Å². The average Bonchev–Trinajstić information content (AvgIpc) is 2.78. The molecule has 2 aliphatic heterocycles. The van der Waals surface area contributed by atoms with Crippen molar-refractivity contribution in [3.05, 3.63) is 23.8 Å². The van der Waals surface area contributed by atoms with Crippen LogP contribution in [0.15, 0.2) is 33.8 Å². The third-order valence-corrected chi connectivity index (χ3v) is 5.45. The monoisotopic (exact) mass is 401 g/mol. The summed E-state index contributed by atoms with van der Waals surface area (Å²) in [6, 6.07) is 0. The summed E-state index contributed by atoms with van der Waals surface area (Å²) in [6.07, 6.45) is 8.90. The van der Waals surface area contributed by atoms with Gasteiger partial charge in [-0.2, -0.15) is 10.8 Å². The highest BCUT2D eigenvalue weighted by atomic mass is 127. The molecule has 1 aliphatic carbocycles. The molecule has 6 nitrogen and oxygen atoms in total. The highest BCUT2D eigenvalue weighted by Crippen LogP contribution is 2.41. The maximum atomic E-state index is 11.6. The molecule has 1 unspecified atom stereocenters. The lowest BCUT2D eigenvalue weighted by atomic mass is 9.80. The molecule has 3 aliphatic rings. The lowest BCUT2D eigenvalue weighted by molar-refractivity contribution is -0.745. The Bertz CT molecular complexity index is 588. The number of allylic oxidation sites excluding steroid dienone is 2. The van der Waals surface area contributed by atoms with Gasteiger partial charge in [-0.3, -0.25) is 9.79 Å². The number of quaternary nitrogens is 1. The van der Waals surface area contributed by atoms with Gasteiger partial charge in [0.05, 0.1) is 48.0 Å². The molecule has 0 bridgehead atoms. The Morgan fingerprint density at radius 1 is 1.43 bits per heavy atom. The van der Waals surface area contributed by atoms with Gasteiger partial charge in [-0.1, -0.05) is 0 Å². The highest BCUT2D eigenvalue weighted by molar-refractivity contribution is 14.1. The van der Waals surface area contributed by atoms with Crippen LogP contribution in [0.2, 0.25) is 0 Å². The zero-order valence-corrected chi connectivity index (χ0v) is 14.0. The minimum absolute atomic E-state index is 0.0262. The molecule has 112 valence electrons. The number of rotatable bonds is 2. The summed E-state index contributed by atoms with van der Waals surface area (Å²) in [4.78, 5) is 20.5. The number of hydrogen-bond acceptors (Lipinski definition) is 5. The third kappa shape index (κ3) is 2.47. The molecule has 0 aromatic carbocycles. The van der Waals surface area contributed by atoms with Gasteiger partial charge < -0.3 is 4.74 Å². The highest BCUT2D eigenvalue weighted by Gasteiger charge is 2.44. The second kappa shape index (κ2) is 5.62. The van der Waals surface area contributed by atoms with Crippen LogP contribution in [-0.4, -0.2) is 27.7 Å². The van der Waals surface area contributed by atoms with Gasteiger partial charge in [-0.25, -0.2) is 0 Å². The van der Waals surface area contributed by atoms with E-state index in [4.69, 9.17) is 10.6 Å². The molecule has 0 aromatic rings. The lowest BCUT2D eigenvalue weighted by Gasteiger charge is -2.27. The van der Waals surface area contributed by atoms with E-state index < -0.39 is 0 Å². The van der Waals surface area contributed by atoms with Crippen molar-refractivity contribution in [2.45, 2.75) is 25.7 Å². The fourth-order valence-electron chi connectivity index (χ4n) is 3.16. The number of methoxy groups -OCH3 is 1. The lowest BCUT2D eigenvalue weighted by Crippen LogP contribution is -2.50. The number of fused-ring (bicyclic) bond motifs is 1. The number of carbonyl (C=O) groups excluding carboxylic acids is 1. The largest absolute Gasteiger partial charge is 0.469 e. The van der Waals surface area contributed by atoms with Gasteiger partial charge >= 0.3 is 5.97 Å². The van der Waals surface area contributed by atoms with Crippen LogP contribution in [0.5, 0.6) is 0 Å². The van der Waals surface area contributed by atoms with Gasteiger partial charge in [0.1, 0.15) is 11.9 Å². The topological polar surface area (TPSA) is 77.0 Å². The van der Waals surface area contributed by atoms with Gasteiger partial charge in [0, 0.05) is 5.92 Å². The van der Waals surface area contributed by atoms with E-state index in [-0.39, 0.29) is 16.5 Å². The standard InChI is InChI=1S/C14H18IN4O2/c1-21-13(20)10-4-2-9(3-5-10)12-11-8-17-6-7-19(11,16)14(15)18-12/h6-10H,2-5,16H2,1H3/q+1. The number of nitrogens with two attached hydrogens (primary N) is 1. The zero-order chi connectivity index (χ0) is 15.0. The zero-order valence-electron chi connectivity index (χ0n) is 11.8. The number of aliphatic imine (C=N–C) groups is 2. The molecular weight excluding hydrogens is 383 g/mol. The van der Waals surface area contributed by atoms with Crippen LogP contribution >= 0.6 is 22.6 Å². The first-order valence-electron chi connectivity index (χ1n) is 7.02. The Labute approximate surface area is 137 Å². The molecule has 2 heterocycles. The minimum atomic E-state index is -0.0956. The van der Waals surface area contributed by atoms with Gasteiger partial charge in [0.15, 0.2) is 0 Å². The molecule has 0 saturated heterocycles. The van der Waals surface area contributed by atoms with Gasteiger partial charge in [0.2, 0.25) is 5.70 Å². The normalized spacial score (nSPS) is 34.7. The van der Waals surface area contributed by atoms with E-state index in [0.29, 0.717) is 5.92 Å². The van der Waals surface area contributed by atoms with E-state index in [2.05, 4.69) is 32.6 Å². The first-order valence-corrected chi connectivity index (χ1v) is 8.09. The van der Waals surface area contributed by atoms with Crippen LogP contribution in [0, 0.1) is 11.8 Å². The molecule has 1 fully saturated rings. The first kappa shape index (κ1) is 14.9. The Kier molecular flexibility index (Phi) is 3.98. The van der Waals surface area contributed by atoms with E-state index in [1.807, 2.05) is 6.20 Å². The van der Waals surface area contributed by atoms with E-state index in [0.717, 1.165) is 40.9 Å². The molecule has 0 aromatic heterocycles. The van der Waals surface area contributed by atoms with Crippen LogP contribution in [-0.2, 0) is 9.53 Å². The third-order valence-electron chi connectivity index (χ3n) is 4.41. The summed E-state index contributed by atoms with van der Waals surface area (Å²) in [6.45, 7) is 0. The average molecular weight is 401 g/mol. The Morgan fingerprint density at radius 2 is 2.14 bits per heavy atom. The van der Waals surface area contributed by atoms with Crippen molar-refractivity contribution < 1.29 is 14.1 Å². The molecule has 2 N–H and O–H groups in total. The van der Waals surface area contributed by atoms with Crippen LogP contribution < -0.4 is 5.84 Å². The SMILES string of the molecule is COC(=O)C1CCC(C2=C3C=NC=C[N+]3(N)C(I)=N2)CC1. The minimum Gasteiger partial charge on any atom is -0.469 e. The second-order valence-electron chi connectivity index (χ2n) is 5.58. The van der Waals surface area contributed by atoms with Crippen LogP contribution in [0.4, 0.5) is 0 Å². The second-order valence-corrected chi connectivity index (χ2v) is 6.54. The number of nitrogens with zero attached hydrogens (tertiary/aromatic N) is 3. The molecular formula is C14H18IN4O2+. The Morgan fingerprint density at radius 3 is 2.81 bits per heavy atom. The van der Waals surface area contributed by atoms with Gasteiger partial charge in [-0.05, 0) is 25.7 Å². The van der Waals surface area contributed by atoms with Crippen molar-refractivity contribution in [1.82, 2.24) is 0 Å². The number of hydrogen-bond donors (Lipinski definition) is 1. The van der Waals surface area contributed by atoms with Crippen LogP contribution in [0.3, 0.4) is 0 Å². The molecule has 0 spiro atoms. The van der Waals surface area contributed by atoms with E-state index >= 15 is 0 Å². The number of esters is 1. The first-order chi connectivity index (χ1) is 10.1. The van der Waals surface area contributed by atoms with Gasteiger partial charge in [0.25, 0.3) is 3.84 Å². The molecule has 0 amide bonds. The molecule has 0 radical (unpaired) electrons. The predicted molar refractivity (Wildman–Crippen MR) is 88.0 cm³/mol. The van der Waals surface area contributed by atoms with Crippen molar-refractivity contribution in [1.29, 1.82) is 0 Å². The number of ether oxygens (including phenoxy) is 1. The molecule has 1 saturated carbocycles. The van der Waals surface area contributed by atoms with Crippen molar-refractivity contribution in [3.8, 4) is 0 Å². The Hall–Kier alpha value is -1.06. The maximum Gasteiger partial charge on any atom is 0.308 e. The number of amidine groups is 1. The van der Waals surface area contributed by atoms with Crippen molar-refractivity contribution in [3.63, 3.8) is 0 Å². The fraction of sp³-hybridized carbons (Fsp3) is 0.500. The summed E-state index contributed by atoms with van der Waals surface area (Å²) in [5, 5.41) is 0. The quantitative estimate of drug-likeness (QED) is 0.254. The summed E-state index contributed by atoms with van der Waals surface area (Å²) >= 11 is 2.18. The van der Waals surface area contributed by atoms with E-state index in [9.17, 15) is 4.79 Å². The van der Waals surface area contributed by atoms with Crippen molar-refractivity contribution in [2.75, 3.05) is 7.11 Å². The maximum absolute atomic E-state index is 11.6. The summed E-state index contributed by atoms with van der Waals surface area (Å²) in [5.74, 6) is 6.66. The predicted octanol–water partition coefficient (Wildman–Crippen LogP) is 2.23. The van der Waals surface area contributed by atoms with Crippen LogP contribution in [0.25, 0.3) is 0 Å². The fourth-order valence-corrected chi connectivity index (χ4v) is 3.84.